The Hall–Kier alpha value is -1.62. The van der Waals surface area contributed by atoms with Crippen molar-refractivity contribution in [3.05, 3.63) is 27.6 Å². The number of aryl methyl sites for hydroxylation is 1. The molecule has 2 N–H and O–H groups in total. The zero-order chi connectivity index (χ0) is 10.1. The van der Waals surface area contributed by atoms with E-state index in [4.69, 9.17) is 0 Å². The summed E-state index contributed by atoms with van der Waals surface area (Å²) in [4.78, 5) is 24.0. The summed E-state index contributed by atoms with van der Waals surface area (Å²) in [6, 6.07) is 3.41. The van der Waals surface area contributed by atoms with Gasteiger partial charge in [-0.05, 0) is 25.1 Å². The Bertz CT molecular complexity index is 434. The minimum atomic E-state index is -0.463. The van der Waals surface area contributed by atoms with E-state index in [1.807, 2.05) is 19.1 Å². The Morgan fingerprint density at radius 1 is 1.29 bits per heavy atom. The molecule has 0 aromatic carbocycles. The maximum absolute atomic E-state index is 11.1. The molecule has 0 saturated carbocycles. The van der Waals surface area contributed by atoms with E-state index in [9.17, 15) is 9.59 Å². The van der Waals surface area contributed by atoms with Gasteiger partial charge in [0, 0.05) is 9.75 Å². The second-order valence-corrected chi connectivity index (χ2v) is 4.23. The lowest BCUT2D eigenvalue weighted by atomic mass is 10.3. The molecule has 0 atom stereocenters. The van der Waals surface area contributed by atoms with Gasteiger partial charge in [-0.2, -0.15) is 0 Å². The van der Waals surface area contributed by atoms with E-state index in [1.54, 1.807) is 17.4 Å². The van der Waals surface area contributed by atoms with Gasteiger partial charge in [-0.25, -0.2) is 4.79 Å². The van der Waals surface area contributed by atoms with E-state index in [2.05, 4.69) is 10.6 Å². The number of carbonyl (C=O) groups excluding carboxylic acids is 2. The molecule has 0 unspecified atom stereocenters. The lowest BCUT2D eigenvalue weighted by Crippen LogP contribution is -2.22. The summed E-state index contributed by atoms with van der Waals surface area (Å²) in [5.74, 6) is -0.374. The highest BCUT2D eigenvalue weighted by Crippen LogP contribution is 2.18. The minimum Gasteiger partial charge on any atom is -0.303 e. The third-order valence-electron chi connectivity index (χ3n) is 1.77. The van der Waals surface area contributed by atoms with Crippen LogP contribution in [0, 0.1) is 6.92 Å². The van der Waals surface area contributed by atoms with Crippen molar-refractivity contribution in [3.63, 3.8) is 0 Å². The van der Waals surface area contributed by atoms with Gasteiger partial charge in [0.05, 0.1) is 0 Å². The molecule has 0 aliphatic carbocycles. The molecule has 5 heteroatoms. The summed E-state index contributed by atoms with van der Waals surface area (Å²) in [7, 11) is 0. The van der Waals surface area contributed by atoms with Crippen LogP contribution in [0.5, 0.6) is 0 Å². The zero-order valence-electron chi connectivity index (χ0n) is 7.46. The van der Waals surface area contributed by atoms with E-state index in [0.29, 0.717) is 5.70 Å². The van der Waals surface area contributed by atoms with Crippen LogP contribution in [0.3, 0.4) is 0 Å². The summed E-state index contributed by atoms with van der Waals surface area (Å²) in [6.07, 6.45) is 1.66. The van der Waals surface area contributed by atoms with Crippen LogP contribution < -0.4 is 10.6 Å². The summed E-state index contributed by atoms with van der Waals surface area (Å²) < 4.78 is 0. The van der Waals surface area contributed by atoms with Crippen LogP contribution in [0.4, 0.5) is 4.79 Å². The van der Waals surface area contributed by atoms with E-state index in [-0.39, 0.29) is 5.91 Å². The van der Waals surface area contributed by atoms with Crippen LogP contribution in [0.1, 0.15) is 9.75 Å². The molecule has 4 nitrogen and oxygen atoms in total. The zero-order valence-corrected chi connectivity index (χ0v) is 8.27. The quantitative estimate of drug-likeness (QED) is 0.539. The van der Waals surface area contributed by atoms with E-state index in [0.717, 1.165) is 4.88 Å². The van der Waals surface area contributed by atoms with Crippen molar-refractivity contribution in [2.75, 3.05) is 0 Å². The first-order valence-corrected chi connectivity index (χ1v) is 4.87. The highest BCUT2D eigenvalue weighted by molar-refractivity contribution is 7.12. The predicted octanol–water partition coefficient (Wildman–Crippen LogP) is 1.24. The first kappa shape index (κ1) is 8.96. The molecule has 0 radical (unpaired) electrons. The summed E-state index contributed by atoms with van der Waals surface area (Å²) >= 11 is 1.57. The smallest absolute Gasteiger partial charge is 0.303 e. The average molecular weight is 208 g/mol. The normalized spacial score (nSPS) is 18.5. The van der Waals surface area contributed by atoms with Crippen molar-refractivity contribution in [1.29, 1.82) is 0 Å². The lowest BCUT2D eigenvalue weighted by Gasteiger charge is -1.90. The SMILES string of the molecule is Cc1ccc(/C=C2\NC(=O)NC2=O)s1. The van der Waals surface area contributed by atoms with Crippen LogP contribution in [0.2, 0.25) is 0 Å². The second kappa shape index (κ2) is 3.26. The second-order valence-electron chi connectivity index (χ2n) is 2.91. The van der Waals surface area contributed by atoms with E-state index in [1.165, 1.54) is 4.88 Å². The summed E-state index contributed by atoms with van der Waals surface area (Å²) in [6.45, 7) is 1.99. The van der Waals surface area contributed by atoms with Crippen molar-refractivity contribution in [2.24, 2.45) is 0 Å². The van der Waals surface area contributed by atoms with Crippen LogP contribution in [0.25, 0.3) is 6.08 Å². The van der Waals surface area contributed by atoms with Crippen LogP contribution in [0.15, 0.2) is 17.8 Å². The maximum atomic E-state index is 11.1. The van der Waals surface area contributed by atoms with E-state index >= 15 is 0 Å². The van der Waals surface area contributed by atoms with Crippen LogP contribution in [-0.4, -0.2) is 11.9 Å². The van der Waals surface area contributed by atoms with Gasteiger partial charge >= 0.3 is 6.03 Å². The molecule has 14 heavy (non-hydrogen) atoms. The molecule has 3 amide bonds. The Morgan fingerprint density at radius 2 is 2.07 bits per heavy atom. The lowest BCUT2D eigenvalue weighted by molar-refractivity contribution is -0.115. The van der Waals surface area contributed by atoms with Crippen molar-refractivity contribution < 1.29 is 9.59 Å². The van der Waals surface area contributed by atoms with Gasteiger partial charge in [0.1, 0.15) is 5.70 Å². The number of amides is 3. The van der Waals surface area contributed by atoms with Gasteiger partial charge in [0.2, 0.25) is 0 Å². The molecular weight excluding hydrogens is 200 g/mol. The molecule has 2 heterocycles. The van der Waals surface area contributed by atoms with Crippen molar-refractivity contribution >= 4 is 29.4 Å². The number of nitrogens with one attached hydrogen (secondary N) is 2. The van der Waals surface area contributed by atoms with Gasteiger partial charge in [0.15, 0.2) is 0 Å². The molecule has 1 aromatic rings. The number of thiophene rings is 1. The van der Waals surface area contributed by atoms with Gasteiger partial charge in [-0.15, -0.1) is 11.3 Å². The number of carbonyl (C=O) groups is 2. The van der Waals surface area contributed by atoms with Crippen LogP contribution >= 0.6 is 11.3 Å². The molecule has 0 spiro atoms. The molecule has 1 aromatic heterocycles. The molecule has 72 valence electrons. The molecule has 1 aliphatic rings. The molecule has 2 rings (SSSR count). The number of hydrogen-bond donors (Lipinski definition) is 2. The summed E-state index contributed by atoms with van der Waals surface area (Å²) in [5.41, 5.74) is 0.303. The Kier molecular flexibility index (Phi) is 2.09. The maximum Gasteiger partial charge on any atom is 0.326 e. The topological polar surface area (TPSA) is 58.2 Å². The first-order chi connectivity index (χ1) is 6.65. The standard InChI is InChI=1S/C9H8N2O2S/c1-5-2-3-6(14-5)4-7-8(12)11-9(13)10-7/h2-4H,1H3,(H2,10,11,12,13)/b7-4-. The molecule has 1 saturated heterocycles. The third-order valence-corrected chi connectivity index (χ3v) is 2.72. The largest absolute Gasteiger partial charge is 0.326 e. The number of imide groups is 1. The number of urea groups is 1. The van der Waals surface area contributed by atoms with Gasteiger partial charge in [0.25, 0.3) is 5.91 Å². The van der Waals surface area contributed by atoms with Gasteiger partial charge in [-0.3, -0.25) is 10.1 Å². The van der Waals surface area contributed by atoms with Gasteiger partial charge < -0.3 is 5.32 Å². The molecular formula is C9H8N2O2S. The minimum absolute atomic E-state index is 0.303. The van der Waals surface area contributed by atoms with Crippen molar-refractivity contribution in [1.82, 2.24) is 10.6 Å². The Balaban J connectivity index is 2.27. The molecule has 0 bridgehead atoms. The third kappa shape index (κ3) is 1.67. The number of rotatable bonds is 1. The van der Waals surface area contributed by atoms with Crippen molar-refractivity contribution in [2.45, 2.75) is 6.92 Å². The fourth-order valence-corrected chi connectivity index (χ4v) is 1.98. The van der Waals surface area contributed by atoms with Crippen molar-refractivity contribution in [3.8, 4) is 0 Å². The monoisotopic (exact) mass is 208 g/mol. The number of hydrogen-bond acceptors (Lipinski definition) is 3. The first-order valence-electron chi connectivity index (χ1n) is 4.05. The highest BCUT2D eigenvalue weighted by Gasteiger charge is 2.22. The highest BCUT2D eigenvalue weighted by atomic mass is 32.1. The van der Waals surface area contributed by atoms with Crippen LogP contribution in [-0.2, 0) is 4.79 Å². The Labute approximate surface area is 84.6 Å². The average Bonchev–Trinajstić information content (AvgIpc) is 2.61. The fourth-order valence-electron chi connectivity index (χ4n) is 1.16. The summed E-state index contributed by atoms with van der Waals surface area (Å²) in [5, 5.41) is 4.57. The fraction of sp³-hybridized carbons (Fsp3) is 0.111. The molecule has 1 fully saturated rings. The molecule has 1 aliphatic heterocycles. The van der Waals surface area contributed by atoms with E-state index < -0.39 is 6.03 Å². The predicted molar refractivity (Wildman–Crippen MR) is 53.7 cm³/mol. The van der Waals surface area contributed by atoms with Gasteiger partial charge in [-0.1, -0.05) is 0 Å². The Morgan fingerprint density at radius 3 is 2.57 bits per heavy atom.